The summed E-state index contributed by atoms with van der Waals surface area (Å²) in [5, 5.41) is 9.95. The second-order valence-corrected chi connectivity index (χ2v) is 9.51. The summed E-state index contributed by atoms with van der Waals surface area (Å²) in [6, 6.07) is 8.53. The SMILES string of the molecule is COc1cc(OC)c(F)c(-c2cc3cnc(-c4ccc(C(C)(C)C#N)nc4)nc3c(N3CCOCC3)n2)c1F. The van der Waals surface area contributed by atoms with Crippen LogP contribution in [-0.2, 0) is 10.2 Å². The fraction of sp³-hybridized carbons (Fsp3) is 0.321. The van der Waals surface area contributed by atoms with Crippen molar-refractivity contribution < 1.29 is 23.0 Å². The third-order valence-corrected chi connectivity index (χ3v) is 6.63. The summed E-state index contributed by atoms with van der Waals surface area (Å²) in [7, 11) is 2.59. The Morgan fingerprint density at radius 3 is 2.26 bits per heavy atom. The predicted octanol–water partition coefficient (Wildman–Crippen LogP) is 4.69. The Morgan fingerprint density at radius 2 is 1.67 bits per heavy atom. The summed E-state index contributed by atoms with van der Waals surface area (Å²) in [4.78, 5) is 20.4. The topological polar surface area (TPSA) is 106 Å². The number of nitrogens with zero attached hydrogens (tertiary/aromatic N) is 6. The molecule has 5 rings (SSSR count). The van der Waals surface area contributed by atoms with Gasteiger partial charge in [0.25, 0.3) is 0 Å². The molecule has 0 bridgehead atoms. The molecule has 1 aliphatic heterocycles. The summed E-state index contributed by atoms with van der Waals surface area (Å²) in [5.74, 6) is -1.26. The van der Waals surface area contributed by atoms with Crippen molar-refractivity contribution in [3.8, 4) is 40.2 Å². The highest BCUT2D eigenvalue weighted by Gasteiger charge is 2.26. The van der Waals surface area contributed by atoms with Crippen molar-refractivity contribution >= 4 is 16.7 Å². The van der Waals surface area contributed by atoms with E-state index in [0.29, 0.717) is 60.1 Å². The number of hydrogen-bond acceptors (Lipinski definition) is 9. The van der Waals surface area contributed by atoms with E-state index in [1.54, 1.807) is 38.4 Å². The molecule has 0 aliphatic carbocycles. The van der Waals surface area contributed by atoms with Gasteiger partial charge in [-0.3, -0.25) is 4.98 Å². The first-order chi connectivity index (χ1) is 18.8. The van der Waals surface area contributed by atoms with Gasteiger partial charge in [-0.25, -0.2) is 23.7 Å². The Kier molecular flexibility index (Phi) is 6.97. The van der Waals surface area contributed by atoms with E-state index in [4.69, 9.17) is 24.2 Å². The quantitative estimate of drug-likeness (QED) is 0.350. The second-order valence-electron chi connectivity index (χ2n) is 9.51. The first kappa shape index (κ1) is 26.2. The smallest absolute Gasteiger partial charge is 0.177 e. The van der Waals surface area contributed by atoms with Crippen molar-refractivity contribution in [2.45, 2.75) is 19.3 Å². The Hall–Kier alpha value is -4.43. The average Bonchev–Trinajstić information content (AvgIpc) is 2.97. The Labute approximate surface area is 224 Å². The maximum atomic E-state index is 15.4. The predicted molar refractivity (Wildman–Crippen MR) is 141 cm³/mol. The van der Waals surface area contributed by atoms with Crippen LogP contribution in [0.2, 0.25) is 0 Å². The number of anilines is 1. The number of hydrogen-bond donors (Lipinski definition) is 0. The minimum Gasteiger partial charge on any atom is -0.494 e. The summed E-state index contributed by atoms with van der Waals surface area (Å²) in [6.07, 6.45) is 3.21. The van der Waals surface area contributed by atoms with E-state index in [1.807, 2.05) is 11.0 Å². The molecule has 0 radical (unpaired) electrons. The number of morpholine rings is 1. The highest BCUT2D eigenvalue weighted by molar-refractivity contribution is 5.92. The number of pyridine rings is 2. The number of aromatic nitrogens is 4. The van der Waals surface area contributed by atoms with E-state index < -0.39 is 17.0 Å². The monoisotopic (exact) mass is 532 g/mol. The molecule has 1 fully saturated rings. The largest absolute Gasteiger partial charge is 0.494 e. The van der Waals surface area contributed by atoms with E-state index in [2.05, 4.69) is 16.0 Å². The lowest BCUT2D eigenvalue weighted by Gasteiger charge is -2.29. The van der Waals surface area contributed by atoms with Gasteiger partial charge >= 0.3 is 0 Å². The van der Waals surface area contributed by atoms with Crippen molar-refractivity contribution in [1.29, 1.82) is 5.26 Å². The summed E-state index contributed by atoms with van der Waals surface area (Å²) in [5.41, 5.74) is 0.750. The average molecular weight is 533 g/mol. The molecule has 0 atom stereocenters. The second kappa shape index (κ2) is 10.4. The van der Waals surface area contributed by atoms with Gasteiger partial charge in [0.2, 0.25) is 0 Å². The normalized spacial score (nSPS) is 13.8. The standard InChI is InChI=1S/C28H26F2N6O3/c1-28(2,15-31)21-6-5-16(13-32-21)26-33-14-17-11-18(22-23(29)19(37-3)12-20(38-4)24(22)30)34-27(25(17)35-26)36-7-9-39-10-8-36/h5-6,11-14H,7-10H2,1-4H3. The maximum Gasteiger partial charge on any atom is 0.177 e. The number of benzene rings is 1. The van der Waals surface area contributed by atoms with Crippen LogP contribution in [0.25, 0.3) is 33.5 Å². The molecule has 0 spiro atoms. The van der Waals surface area contributed by atoms with Gasteiger partial charge in [0.05, 0.1) is 55.9 Å². The molecule has 1 aromatic carbocycles. The van der Waals surface area contributed by atoms with Crippen LogP contribution in [0.3, 0.4) is 0 Å². The van der Waals surface area contributed by atoms with Crippen LogP contribution in [-0.4, -0.2) is 60.5 Å². The molecular formula is C28H26F2N6O3. The van der Waals surface area contributed by atoms with Gasteiger partial charge in [-0.1, -0.05) is 0 Å². The van der Waals surface area contributed by atoms with Crippen LogP contribution in [0.1, 0.15) is 19.5 Å². The lowest BCUT2D eigenvalue weighted by molar-refractivity contribution is 0.122. The van der Waals surface area contributed by atoms with Crippen LogP contribution in [0.5, 0.6) is 11.5 Å². The maximum absolute atomic E-state index is 15.4. The van der Waals surface area contributed by atoms with E-state index in [-0.39, 0.29) is 22.8 Å². The number of ether oxygens (including phenoxy) is 3. The zero-order valence-corrected chi connectivity index (χ0v) is 22.0. The van der Waals surface area contributed by atoms with Crippen LogP contribution >= 0.6 is 0 Å². The Bertz CT molecular complexity index is 1550. The Balaban J connectivity index is 1.68. The molecule has 0 unspecified atom stereocenters. The highest BCUT2D eigenvalue weighted by Crippen LogP contribution is 2.39. The Morgan fingerprint density at radius 1 is 0.974 bits per heavy atom. The molecule has 39 heavy (non-hydrogen) atoms. The van der Waals surface area contributed by atoms with Crippen molar-refractivity contribution in [3.05, 3.63) is 54.0 Å². The third kappa shape index (κ3) is 4.79. The van der Waals surface area contributed by atoms with Crippen LogP contribution in [0.15, 0.2) is 36.7 Å². The molecule has 1 saturated heterocycles. The van der Waals surface area contributed by atoms with Crippen molar-refractivity contribution in [2.75, 3.05) is 45.4 Å². The molecular weight excluding hydrogens is 506 g/mol. The molecule has 0 saturated carbocycles. The molecule has 4 heterocycles. The van der Waals surface area contributed by atoms with Gasteiger partial charge in [-0.15, -0.1) is 0 Å². The molecule has 3 aromatic heterocycles. The number of rotatable bonds is 6. The van der Waals surface area contributed by atoms with E-state index in [9.17, 15) is 5.26 Å². The first-order valence-corrected chi connectivity index (χ1v) is 12.3. The van der Waals surface area contributed by atoms with Gasteiger partial charge in [-0.2, -0.15) is 5.26 Å². The first-order valence-electron chi connectivity index (χ1n) is 12.3. The fourth-order valence-corrected chi connectivity index (χ4v) is 4.35. The van der Waals surface area contributed by atoms with Gasteiger partial charge in [0.15, 0.2) is 34.8 Å². The lowest BCUT2D eigenvalue weighted by Crippen LogP contribution is -2.37. The van der Waals surface area contributed by atoms with Gasteiger partial charge < -0.3 is 19.1 Å². The fourth-order valence-electron chi connectivity index (χ4n) is 4.35. The molecule has 0 N–H and O–H groups in total. The summed E-state index contributed by atoms with van der Waals surface area (Å²) < 4.78 is 46.5. The van der Waals surface area contributed by atoms with Crippen LogP contribution in [0.4, 0.5) is 14.6 Å². The third-order valence-electron chi connectivity index (χ3n) is 6.63. The number of nitriles is 1. The zero-order valence-electron chi connectivity index (χ0n) is 22.0. The summed E-state index contributed by atoms with van der Waals surface area (Å²) >= 11 is 0. The molecule has 9 nitrogen and oxygen atoms in total. The number of methoxy groups -OCH3 is 2. The van der Waals surface area contributed by atoms with E-state index >= 15 is 8.78 Å². The number of halogens is 2. The van der Waals surface area contributed by atoms with Gasteiger partial charge in [0, 0.05) is 42.5 Å². The lowest BCUT2D eigenvalue weighted by atomic mass is 9.90. The van der Waals surface area contributed by atoms with Crippen LogP contribution in [0, 0.1) is 23.0 Å². The van der Waals surface area contributed by atoms with E-state index in [0.717, 1.165) is 6.07 Å². The van der Waals surface area contributed by atoms with Crippen molar-refractivity contribution in [3.63, 3.8) is 0 Å². The van der Waals surface area contributed by atoms with Crippen LogP contribution < -0.4 is 14.4 Å². The van der Waals surface area contributed by atoms with Crippen molar-refractivity contribution in [1.82, 2.24) is 19.9 Å². The minimum absolute atomic E-state index is 0.0531. The zero-order chi connectivity index (χ0) is 27.7. The molecule has 1 aliphatic rings. The minimum atomic E-state index is -0.889. The molecule has 4 aromatic rings. The highest BCUT2D eigenvalue weighted by atomic mass is 19.1. The van der Waals surface area contributed by atoms with Gasteiger partial charge in [-0.05, 0) is 32.0 Å². The summed E-state index contributed by atoms with van der Waals surface area (Å²) in [6.45, 7) is 5.59. The van der Waals surface area contributed by atoms with Crippen molar-refractivity contribution in [2.24, 2.45) is 0 Å². The number of fused-ring (bicyclic) bond motifs is 1. The molecule has 0 amide bonds. The van der Waals surface area contributed by atoms with E-state index in [1.165, 1.54) is 14.2 Å². The molecule has 11 heteroatoms. The molecule has 200 valence electrons. The van der Waals surface area contributed by atoms with Gasteiger partial charge in [0.1, 0.15) is 5.52 Å².